The molecule has 2 rings (SSSR count). The number of hydrogen-bond donors (Lipinski definition) is 0. The second-order valence-electron chi connectivity index (χ2n) is 2.79. The fourth-order valence-electron chi connectivity index (χ4n) is 1.15. The number of aromatic nitrogens is 2. The molecule has 0 radical (unpaired) electrons. The predicted octanol–water partition coefficient (Wildman–Crippen LogP) is 1.71. The van der Waals surface area contributed by atoms with E-state index >= 15 is 0 Å². The summed E-state index contributed by atoms with van der Waals surface area (Å²) in [6.45, 7) is 0. The van der Waals surface area contributed by atoms with E-state index in [-0.39, 0.29) is 5.78 Å². The molecule has 3 heteroatoms. The maximum atomic E-state index is 11.7. The van der Waals surface area contributed by atoms with Crippen LogP contribution in [0.1, 0.15) is 16.1 Å². The molecule has 0 spiro atoms. The van der Waals surface area contributed by atoms with Crippen LogP contribution in [-0.4, -0.2) is 15.8 Å². The molecular weight excluding hydrogens is 176 g/mol. The van der Waals surface area contributed by atoms with Crippen LogP contribution in [0.15, 0.2) is 48.9 Å². The average Bonchev–Trinajstić information content (AvgIpc) is 2.30. The van der Waals surface area contributed by atoms with Crippen LogP contribution in [0, 0.1) is 0 Å². The van der Waals surface area contributed by atoms with Crippen molar-refractivity contribution in [3.63, 3.8) is 0 Å². The highest BCUT2D eigenvalue weighted by Gasteiger charge is 2.08. The molecule has 0 unspecified atom stereocenters. The SMILES string of the molecule is O=C(c1ccccc1)c1cnccn1. The summed E-state index contributed by atoms with van der Waals surface area (Å²) in [7, 11) is 0. The third kappa shape index (κ3) is 1.66. The molecule has 0 N–H and O–H groups in total. The maximum Gasteiger partial charge on any atom is 0.212 e. The van der Waals surface area contributed by atoms with E-state index in [1.54, 1.807) is 18.3 Å². The molecule has 2 aromatic rings. The monoisotopic (exact) mass is 184 g/mol. The summed E-state index contributed by atoms with van der Waals surface area (Å²) in [5.74, 6) is -0.0984. The topological polar surface area (TPSA) is 42.9 Å². The van der Waals surface area contributed by atoms with E-state index in [0.717, 1.165) is 0 Å². The quantitative estimate of drug-likeness (QED) is 0.667. The normalized spacial score (nSPS) is 9.71. The Balaban J connectivity index is 2.35. The molecule has 0 aliphatic heterocycles. The number of hydrogen-bond acceptors (Lipinski definition) is 3. The number of nitrogens with zero attached hydrogens (tertiary/aromatic N) is 2. The van der Waals surface area contributed by atoms with Crippen LogP contribution in [0.5, 0.6) is 0 Å². The molecule has 1 aromatic carbocycles. The third-order valence-electron chi connectivity index (χ3n) is 1.83. The molecule has 68 valence electrons. The summed E-state index contributed by atoms with van der Waals surface area (Å²) < 4.78 is 0. The first-order valence-corrected chi connectivity index (χ1v) is 4.24. The minimum Gasteiger partial charge on any atom is -0.287 e. The van der Waals surface area contributed by atoms with Gasteiger partial charge in [-0.15, -0.1) is 0 Å². The lowest BCUT2D eigenvalue weighted by Gasteiger charge is -1.97. The van der Waals surface area contributed by atoms with Crippen LogP contribution in [0.25, 0.3) is 0 Å². The van der Waals surface area contributed by atoms with E-state index < -0.39 is 0 Å². The predicted molar refractivity (Wildman–Crippen MR) is 51.9 cm³/mol. The minimum atomic E-state index is -0.0984. The standard InChI is InChI=1S/C11H8N2O/c14-11(9-4-2-1-3-5-9)10-8-12-6-7-13-10/h1-8H. The van der Waals surface area contributed by atoms with Crippen LogP contribution >= 0.6 is 0 Å². The minimum absolute atomic E-state index is 0.0984. The zero-order chi connectivity index (χ0) is 9.80. The third-order valence-corrected chi connectivity index (χ3v) is 1.83. The van der Waals surface area contributed by atoms with Crippen LogP contribution in [0.2, 0.25) is 0 Å². The Morgan fingerprint density at radius 1 is 1.07 bits per heavy atom. The molecule has 0 fully saturated rings. The van der Waals surface area contributed by atoms with E-state index in [1.807, 2.05) is 18.2 Å². The largest absolute Gasteiger partial charge is 0.287 e. The van der Waals surface area contributed by atoms with Gasteiger partial charge in [0.05, 0.1) is 6.20 Å². The first-order chi connectivity index (χ1) is 6.88. The van der Waals surface area contributed by atoms with Crippen molar-refractivity contribution in [2.45, 2.75) is 0 Å². The smallest absolute Gasteiger partial charge is 0.212 e. The van der Waals surface area contributed by atoms with Gasteiger partial charge in [0.25, 0.3) is 0 Å². The van der Waals surface area contributed by atoms with E-state index in [0.29, 0.717) is 11.3 Å². The van der Waals surface area contributed by atoms with Gasteiger partial charge in [-0.2, -0.15) is 0 Å². The molecule has 0 bridgehead atoms. The van der Waals surface area contributed by atoms with Gasteiger partial charge in [-0.1, -0.05) is 30.3 Å². The van der Waals surface area contributed by atoms with E-state index in [9.17, 15) is 4.79 Å². The van der Waals surface area contributed by atoms with Gasteiger partial charge in [0.15, 0.2) is 0 Å². The van der Waals surface area contributed by atoms with Gasteiger partial charge in [-0.25, -0.2) is 4.98 Å². The summed E-state index contributed by atoms with van der Waals surface area (Å²) in [5.41, 5.74) is 1.01. The van der Waals surface area contributed by atoms with Crippen LogP contribution in [-0.2, 0) is 0 Å². The van der Waals surface area contributed by atoms with Gasteiger partial charge < -0.3 is 0 Å². The van der Waals surface area contributed by atoms with E-state index in [2.05, 4.69) is 9.97 Å². The number of benzene rings is 1. The molecule has 1 heterocycles. The van der Waals surface area contributed by atoms with E-state index in [1.165, 1.54) is 12.4 Å². The lowest BCUT2D eigenvalue weighted by molar-refractivity contribution is 0.103. The van der Waals surface area contributed by atoms with Crippen molar-refractivity contribution in [2.24, 2.45) is 0 Å². The van der Waals surface area contributed by atoms with Gasteiger partial charge >= 0.3 is 0 Å². The Kier molecular flexibility index (Phi) is 2.32. The molecule has 0 aliphatic rings. The fraction of sp³-hybridized carbons (Fsp3) is 0. The molecule has 3 nitrogen and oxygen atoms in total. The van der Waals surface area contributed by atoms with Crippen LogP contribution in [0.4, 0.5) is 0 Å². The number of rotatable bonds is 2. The van der Waals surface area contributed by atoms with Crippen molar-refractivity contribution < 1.29 is 4.79 Å². The lowest BCUT2D eigenvalue weighted by atomic mass is 10.1. The highest BCUT2D eigenvalue weighted by molar-refractivity contribution is 6.07. The number of ketones is 1. The summed E-state index contributed by atoms with van der Waals surface area (Å²) >= 11 is 0. The molecule has 0 atom stereocenters. The second-order valence-corrected chi connectivity index (χ2v) is 2.79. The van der Waals surface area contributed by atoms with Gasteiger partial charge in [-0.3, -0.25) is 9.78 Å². The van der Waals surface area contributed by atoms with Gasteiger partial charge in [0.2, 0.25) is 5.78 Å². The first-order valence-electron chi connectivity index (χ1n) is 4.24. The molecule has 0 saturated carbocycles. The summed E-state index contributed by atoms with van der Waals surface area (Å²) in [5, 5.41) is 0. The Hall–Kier alpha value is -2.03. The van der Waals surface area contributed by atoms with Crippen molar-refractivity contribution in [3.05, 3.63) is 60.2 Å². The Bertz CT molecular complexity index is 384. The van der Waals surface area contributed by atoms with Gasteiger partial charge in [0.1, 0.15) is 5.69 Å². The van der Waals surface area contributed by atoms with Gasteiger partial charge in [-0.05, 0) is 0 Å². The molecule has 0 aliphatic carbocycles. The van der Waals surface area contributed by atoms with Gasteiger partial charge in [0, 0.05) is 18.0 Å². The molecule has 0 saturated heterocycles. The van der Waals surface area contributed by atoms with Crippen LogP contribution in [0.3, 0.4) is 0 Å². The highest BCUT2D eigenvalue weighted by Crippen LogP contribution is 2.05. The second kappa shape index (κ2) is 3.79. The summed E-state index contributed by atoms with van der Waals surface area (Å²) in [6, 6.07) is 9.04. The first kappa shape index (κ1) is 8.56. The highest BCUT2D eigenvalue weighted by atomic mass is 16.1. The number of carbonyl (C=O) groups is 1. The zero-order valence-corrected chi connectivity index (χ0v) is 7.42. The molecular formula is C11H8N2O. The van der Waals surface area contributed by atoms with E-state index in [4.69, 9.17) is 0 Å². The molecule has 0 amide bonds. The average molecular weight is 184 g/mol. The van der Waals surface area contributed by atoms with Crippen molar-refractivity contribution in [3.8, 4) is 0 Å². The fourth-order valence-corrected chi connectivity index (χ4v) is 1.15. The summed E-state index contributed by atoms with van der Waals surface area (Å²) in [6.07, 6.45) is 4.52. The zero-order valence-electron chi connectivity index (χ0n) is 7.42. The van der Waals surface area contributed by atoms with Crippen LogP contribution < -0.4 is 0 Å². The van der Waals surface area contributed by atoms with Crippen molar-refractivity contribution in [2.75, 3.05) is 0 Å². The maximum absolute atomic E-state index is 11.7. The Labute approximate surface area is 81.5 Å². The van der Waals surface area contributed by atoms with Crippen molar-refractivity contribution >= 4 is 5.78 Å². The Morgan fingerprint density at radius 2 is 1.86 bits per heavy atom. The number of carbonyl (C=O) groups excluding carboxylic acids is 1. The molecule has 14 heavy (non-hydrogen) atoms. The summed E-state index contributed by atoms with van der Waals surface area (Å²) in [4.78, 5) is 19.5. The van der Waals surface area contributed by atoms with Crippen molar-refractivity contribution in [1.82, 2.24) is 9.97 Å². The van der Waals surface area contributed by atoms with Crippen molar-refractivity contribution in [1.29, 1.82) is 0 Å². The Morgan fingerprint density at radius 3 is 2.50 bits per heavy atom. The molecule has 1 aromatic heterocycles. The lowest BCUT2D eigenvalue weighted by Crippen LogP contribution is -2.03.